The maximum Gasteiger partial charge on any atom is 0.256 e. The Labute approximate surface area is 108 Å². The first-order valence-electron chi connectivity index (χ1n) is 6.80. The number of hydrogen-bond donors (Lipinski definition) is 1. The van der Waals surface area contributed by atoms with Gasteiger partial charge in [0.05, 0.1) is 17.4 Å². The lowest BCUT2D eigenvalue weighted by Crippen LogP contribution is -2.32. The summed E-state index contributed by atoms with van der Waals surface area (Å²) < 4.78 is 0. The summed E-state index contributed by atoms with van der Waals surface area (Å²) in [5, 5.41) is 3.20. The number of nitrogens with zero attached hydrogens (tertiary/aromatic N) is 2. The number of nitrogens with one attached hydrogen (secondary N) is 1. The Bertz CT molecular complexity index is 398. The zero-order chi connectivity index (χ0) is 12.8. The summed E-state index contributed by atoms with van der Waals surface area (Å²) in [6.45, 7) is 4.58. The van der Waals surface area contributed by atoms with Crippen molar-refractivity contribution in [2.24, 2.45) is 0 Å². The molecule has 0 saturated carbocycles. The van der Waals surface area contributed by atoms with Gasteiger partial charge in [0, 0.05) is 25.8 Å². The molecule has 1 amide bonds. The molecular weight excluding hydrogens is 226 g/mol. The molecule has 1 aliphatic rings. The van der Waals surface area contributed by atoms with E-state index < -0.39 is 0 Å². The molecule has 1 aromatic rings. The Morgan fingerprint density at radius 1 is 1.33 bits per heavy atom. The van der Waals surface area contributed by atoms with Crippen molar-refractivity contribution in [1.82, 2.24) is 9.88 Å². The maximum atomic E-state index is 12.5. The summed E-state index contributed by atoms with van der Waals surface area (Å²) in [5.41, 5.74) is 1.59. The number of likely N-dealkylation sites (tertiary alicyclic amines) is 1. The molecule has 0 unspecified atom stereocenters. The van der Waals surface area contributed by atoms with Crippen LogP contribution in [0.25, 0.3) is 0 Å². The number of anilines is 1. The molecule has 0 radical (unpaired) electrons. The van der Waals surface area contributed by atoms with Gasteiger partial charge in [-0.15, -0.1) is 0 Å². The minimum Gasteiger partial charge on any atom is -0.383 e. The van der Waals surface area contributed by atoms with Crippen LogP contribution in [-0.2, 0) is 0 Å². The smallest absolute Gasteiger partial charge is 0.256 e. The predicted octanol–water partition coefficient (Wildman–Crippen LogP) is 2.53. The first-order chi connectivity index (χ1) is 8.83. The normalized spacial score (nSPS) is 16.2. The van der Waals surface area contributed by atoms with E-state index >= 15 is 0 Å². The van der Waals surface area contributed by atoms with Crippen LogP contribution in [0, 0.1) is 0 Å². The molecule has 0 aromatic carbocycles. The number of carbonyl (C=O) groups is 1. The molecular formula is C14H21N3O. The fraction of sp³-hybridized carbons (Fsp3) is 0.571. The summed E-state index contributed by atoms with van der Waals surface area (Å²) in [7, 11) is 0. The van der Waals surface area contributed by atoms with Crippen LogP contribution in [0.5, 0.6) is 0 Å². The molecule has 1 saturated heterocycles. The van der Waals surface area contributed by atoms with Crippen molar-refractivity contribution < 1.29 is 4.79 Å². The highest BCUT2D eigenvalue weighted by Crippen LogP contribution is 2.18. The first kappa shape index (κ1) is 12.9. The molecule has 4 nitrogen and oxygen atoms in total. The molecule has 1 fully saturated rings. The molecule has 2 rings (SSSR count). The molecule has 1 N–H and O–H groups in total. The first-order valence-corrected chi connectivity index (χ1v) is 6.80. The second-order valence-corrected chi connectivity index (χ2v) is 4.66. The van der Waals surface area contributed by atoms with Gasteiger partial charge in [-0.25, -0.2) is 0 Å². The number of carbonyl (C=O) groups excluding carboxylic acids is 1. The van der Waals surface area contributed by atoms with Crippen LogP contribution in [-0.4, -0.2) is 35.4 Å². The van der Waals surface area contributed by atoms with Crippen LogP contribution in [0.3, 0.4) is 0 Å². The lowest BCUT2D eigenvalue weighted by atomic mass is 10.2. The van der Waals surface area contributed by atoms with Gasteiger partial charge in [-0.3, -0.25) is 9.78 Å². The van der Waals surface area contributed by atoms with Gasteiger partial charge in [-0.1, -0.05) is 12.8 Å². The Morgan fingerprint density at radius 2 is 2.06 bits per heavy atom. The number of pyridine rings is 1. The largest absolute Gasteiger partial charge is 0.383 e. The fourth-order valence-electron chi connectivity index (χ4n) is 2.36. The van der Waals surface area contributed by atoms with Gasteiger partial charge in [0.15, 0.2) is 0 Å². The molecule has 2 heterocycles. The third-order valence-electron chi connectivity index (χ3n) is 3.31. The van der Waals surface area contributed by atoms with Crippen molar-refractivity contribution >= 4 is 11.6 Å². The zero-order valence-electron chi connectivity index (χ0n) is 11.0. The van der Waals surface area contributed by atoms with E-state index in [4.69, 9.17) is 0 Å². The average Bonchev–Trinajstić information content (AvgIpc) is 2.68. The lowest BCUT2D eigenvalue weighted by Gasteiger charge is -2.21. The summed E-state index contributed by atoms with van der Waals surface area (Å²) in [5.74, 6) is 0.134. The van der Waals surface area contributed by atoms with Crippen molar-refractivity contribution in [2.75, 3.05) is 25.0 Å². The van der Waals surface area contributed by atoms with Gasteiger partial charge >= 0.3 is 0 Å². The van der Waals surface area contributed by atoms with E-state index in [-0.39, 0.29) is 5.91 Å². The van der Waals surface area contributed by atoms with E-state index in [2.05, 4.69) is 10.3 Å². The van der Waals surface area contributed by atoms with Crippen molar-refractivity contribution in [3.05, 3.63) is 24.0 Å². The van der Waals surface area contributed by atoms with Crippen LogP contribution in [0.4, 0.5) is 5.69 Å². The Morgan fingerprint density at radius 3 is 2.72 bits per heavy atom. The van der Waals surface area contributed by atoms with Gasteiger partial charge in [0.25, 0.3) is 5.91 Å². The topological polar surface area (TPSA) is 45.2 Å². The quantitative estimate of drug-likeness (QED) is 0.892. The molecule has 1 aromatic heterocycles. The van der Waals surface area contributed by atoms with Crippen molar-refractivity contribution in [1.29, 1.82) is 0 Å². The number of aromatic nitrogens is 1. The van der Waals surface area contributed by atoms with Crippen LogP contribution in [0.1, 0.15) is 43.0 Å². The average molecular weight is 247 g/mol. The Hall–Kier alpha value is -1.58. The molecule has 0 spiro atoms. The number of rotatable bonds is 3. The van der Waals surface area contributed by atoms with E-state index in [1.165, 1.54) is 12.8 Å². The van der Waals surface area contributed by atoms with E-state index in [1.807, 2.05) is 17.9 Å². The molecule has 98 valence electrons. The number of amides is 1. The molecule has 0 atom stereocenters. The standard InChI is InChI=1S/C14H21N3O/c1-2-16-13-11-15-8-7-12(13)14(18)17-9-5-3-4-6-10-17/h7-8,11,16H,2-6,9-10H2,1H3. The second kappa shape index (κ2) is 6.38. The van der Waals surface area contributed by atoms with Gasteiger partial charge < -0.3 is 10.2 Å². The van der Waals surface area contributed by atoms with Crippen LogP contribution in [0.2, 0.25) is 0 Å². The predicted molar refractivity (Wildman–Crippen MR) is 72.8 cm³/mol. The van der Waals surface area contributed by atoms with E-state index in [0.29, 0.717) is 0 Å². The summed E-state index contributed by atoms with van der Waals surface area (Å²) in [6.07, 6.45) is 8.13. The van der Waals surface area contributed by atoms with Gasteiger partial charge in [-0.05, 0) is 25.8 Å². The second-order valence-electron chi connectivity index (χ2n) is 4.66. The molecule has 4 heteroatoms. The highest BCUT2D eigenvalue weighted by molar-refractivity contribution is 5.99. The maximum absolute atomic E-state index is 12.5. The molecule has 18 heavy (non-hydrogen) atoms. The van der Waals surface area contributed by atoms with Gasteiger partial charge in [-0.2, -0.15) is 0 Å². The SMILES string of the molecule is CCNc1cnccc1C(=O)N1CCCCCC1. The lowest BCUT2D eigenvalue weighted by molar-refractivity contribution is 0.0762. The third-order valence-corrected chi connectivity index (χ3v) is 3.31. The Balaban J connectivity index is 2.16. The molecule has 0 bridgehead atoms. The third kappa shape index (κ3) is 3.00. The van der Waals surface area contributed by atoms with Gasteiger partial charge in [0.2, 0.25) is 0 Å². The van der Waals surface area contributed by atoms with Crippen molar-refractivity contribution in [2.45, 2.75) is 32.6 Å². The summed E-state index contributed by atoms with van der Waals surface area (Å²) in [6, 6.07) is 1.81. The fourth-order valence-corrected chi connectivity index (χ4v) is 2.36. The van der Waals surface area contributed by atoms with Crippen LogP contribution < -0.4 is 5.32 Å². The van der Waals surface area contributed by atoms with E-state index in [0.717, 1.165) is 43.7 Å². The highest BCUT2D eigenvalue weighted by atomic mass is 16.2. The van der Waals surface area contributed by atoms with Crippen LogP contribution >= 0.6 is 0 Å². The molecule has 1 aliphatic heterocycles. The summed E-state index contributed by atoms with van der Waals surface area (Å²) >= 11 is 0. The van der Waals surface area contributed by atoms with Crippen molar-refractivity contribution in [3.8, 4) is 0 Å². The van der Waals surface area contributed by atoms with E-state index in [1.54, 1.807) is 12.4 Å². The minimum atomic E-state index is 0.134. The molecule has 0 aliphatic carbocycles. The van der Waals surface area contributed by atoms with Crippen LogP contribution in [0.15, 0.2) is 18.5 Å². The van der Waals surface area contributed by atoms with Crippen molar-refractivity contribution in [3.63, 3.8) is 0 Å². The highest BCUT2D eigenvalue weighted by Gasteiger charge is 2.19. The summed E-state index contributed by atoms with van der Waals surface area (Å²) in [4.78, 5) is 18.6. The Kier molecular flexibility index (Phi) is 4.56. The number of hydrogen-bond acceptors (Lipinski definition) is 3. The minimum absolute atomic E-state index is 0.134. The van der Waals surface area contributed by atoms with Gasteiger partial charge in [0.1, 0.15) is 0 Å². The monoisotopic (exact) mass is 247 g/mol. The van der Waals surface area contributed by atoms with E-state index in [9.17, 15) is 4.79 Å². The zero-order valence-corrected chi connectivity index (χ0v) is 11.0.